The third-order valence-corrected chi connectivity index (χ3v) is 6.02. The molecule has 3 rings (SSSR count). The highest BCUT2D eigenvalue weighted by Gasteiger charge is 2.35. The average molecular weight is 488 g/mol. The largest absolute Gasteiger partial charge is 0.496 e. The molecule has 1 amide bonds. The van der Waals surface area contributed by atoms with Crippen molar-refractivity contribution in [1.82, 2.24) is 4.90 Å². The summed E-state index contributed by atoms with van der Waals surface area (Å²) >= 11 is 0. The lowest BCUT2D eigenvalue weighted by Gasteiger charge is -2.38. The number of methoxy groups -OCH3 is 1. The van der Waals surface area contributed by atoms with E-state index in [1.165, 1.54) is 11.8 Å². The number of piperidine rings is 1. The zero-order valence-corrected chi connectivity index (χ0v) is 20.1. The minimum Gasteiger partial charge on any atom is -0.496 e. The molecular formula is C26H33NO8. The number of rotatable bonds is 12. The van der Waals surface area contributed by atoms with Crippen LogP contribution in [0.15, 0.2) is 48.5 Å². The van der Waals surface area contributed by atoms with Gasteiger partial charge in [-0.2, -0.15) is 0 Å². The summed E-state index contributed by atoms with van der Waals surface area (Å²) in [6, 6.07) is 15.3. The van der Waals surface area contributed by atoms with Gasteiger partial charge in [0.2, 0.25) is 0 Å². The molecule has 1 saturated heterocycles. The molecular weight excluding hydrogens is 454 g/mol. The number of hydrogen-bond acceptors (Lipinski definition) is 6. The molecule has 0 bridgehead atoms. The first-order valence-electron chi connectivity index (χ1n) is 11.7. The smallest absolute Gasteiger partial charge is 0.407 e. The van der Waals surface area contributed by atoms with Crippen molar-refractivity contribution in [2.45, 2.75) is 44.5 Å². The van der Waals surface area contributed by atoms with Crippen molar-refractivity contribution in [3.63, 3.8) is 0 Å². The Kier molecular flexibility index (Phi) is 9.75. The van der Waals surface area contributed by atoms with E-state index in [4.69, 9.17) is 18.9 Å². The van der Waals surface area contributed by atoms with Gasteiger partial charge in [-0.15, -0.1) is 0 Å². The van der Waals surface area contributed by atoms with Crippen LogP contribution in [0.1, 0.15) is 36.8 Å². The van der Waals surface area contributed by atoms with Crippen molar-refractivity contribution in [1.29, 1.82) is 0 Å². The molecule has 2 unspecified atom stereocenters. The number of nitrogens with zero attached hydrogens (tertiary/aromatic N) is 1. The molecule has 35 heavy (non-hydrogen) atoms. The van der Waals surface area contributed by atoms with Crippen LogP contribution in [0.4, 0.5) is 4.79 Å². The van der Waals surface area contributed by atoms with Crippen molar-refractivity contribution in [3.05, 3.63) is 59.7 Å². The second kappa shape index (κ2) is 13.0. The lowest BCUT2D eigenvalue weighted by Crippen LogP contribution is -2.48. The second-order valence-electron chi connectivity index (χ2n) is 8.41. The van der Waals surface area contributed by atoms with Crippen molar-refractivity contribution < 1.29 is 38.7 Å². The van der Waals surface area contributed by atoms with Crippen LogP contribution >= 0.6 is 0 Å². The molecule has 1 aliphatic heterocycles. The molecule has 1 heterocycles. The zero-order chi connectivity index (χ0) is 25.2. The van der Waals surface area contributed by atoms with E-state index >= 15 is 0 Å². The number of ether oxygens (including phenoxy) is 4. The Morgan fingerprint density at radius 3 is 2.51 bits per heavy atom. The van der Waals surface area contributed by atoms with Gasteiger partial charge in [0.25, 0.3) is 0 Å². The molecule has 3 atom stereocenters. The normalized spacial score (nSPS) is 18.6. The van der Waals surface area contributed by atoms with E-state index in [-0.39, 0.29) is 12.5 Å². The molecule has 2 aromatic carbocycles. The fraction of sp³-hybridized carbons (Fsp3) is 0.462. The summed E-state index contributed by atoms with van der Waals surface area (Å²) in [4.78, 5) is 23.9. The molecule has 0 radical (unpaired) electrons. The van der Waals surface area contributed by atoms with E-state index in [0.29, 0.717) is 32.8 Å². The average Bonchev–Trinajstić information content (AvgIpc) is 2.86. The van der Waals surface area contributed by atoms with Gasteiger partial charge >= 0.3 is 12.1 Å². The third kappa shape index (κ3) is 7.60. The van der Waals surface area contributed by atoms with E-state index in [1.807, 2.05) is 48.5 Å². The molecule has 0 saturated carbocycles. The first kappa shape index (κ1) is 26.3. The zero-order valence-electron chi connectivity index (χ0n) is 20.1. The standard InChI is InChI=1S/C26H33NO8/c1-18(25(28)29)35-24-16-27(26(30)31)13-12-22(24)19-8-10-21(11-9-19)34-15-5-14-33-17-20-6-3-4-7-23(20)32-2/h3-4,6-11,18,22,24H,5,12-17H2,1-2H3,(H,28,29)(H,30,31)/t18-,22?,24?/m1/s1. The number of amides is 1. The van der Waals surface area contributed by atoms with Crippen LogP contribution in [0.3, 0.4) is 0 Å². The highest BCUT2D eigenvalue weighted by atomic mass is 16.5. The monoisotopic (exact) mass is 487 g/mol. The van der Waals surface area contributed by atoms with Gasteiger partial charge < -0.3 is 34.1 Å². The number of aliphatic carboxylic acids is 1. The van der Waals surface area contributed by atoms with Crippen molar-refractivity contribution in [3.8, 4) is 11.5 Å². The summed E-state index contributed by atoms with van der Waals surface area (Å²) in [5.74, 6) is 0.344. The number of para-hydroxylation sites is 1. The minimum atomic E-state index is -1.08. The Balaban J connectivity index is 1.48. The first-order valence-corrected chi connectivity index (χ1v) is 11.7. The van der Waals surface area contributed by atoms with Crippen LogP contribution in [0.2, 0.25) is 0 Å². The maximum Gasteiger partial charge on any atom is 0.407 e. The van der Waals surface area contributed by atoms with Gasteiger partial charge in [0, 0.05) is 24.4 Å². The molecule has 1 fully saturated rings. The van der Waals surface area contributed by atoms with Crippen molar-refractivity contribution >= 4 is 12.1 Å². The van der Waals surface area contributed by atoms with E-state index in [9.17, 15) is 19.8 Å². The fourth-order valence-corrected chi connectivity index (χ4v) is 4.10. The number of carboxylic acid groups (broad SMARTS) is 2. The Hall–Kier alpha value is -3.30. The fourth-order valence-electron chi connectivity index (χ4n) is 4.10. The van der Waals surface area contributed by atoms with Crippen LogP contribution in [-0.2, 0) is 20.9 Å². The highest BCUT2D eigenvalue weighted by Crippen LogP contribution is 2.32. The Morgan fingerprint density at radius 1 is 1.09 bits per heavy atom. The molecule has 9 nitrogen and oxygen atoms in total. The minimum absolute atomic E-state index is 0.107. The van der Waals surface area contributed by atoms with E-state index in [0.717, 1.165) is 29.0 Å². The van der Waals surface area contributed by atoms with E-state index < -0.39 is 24.3 Å². The topological polar surface area (TPSA) is 115 Å². The molecule has 0 spiro atoms. The van der Waals surface area contributed by atoms with Crippen LogP contribution in [0.5, 0.6) is 11.5 Å². The molecule has 2 N–H and O–H groups in total. The Bertz CT molecular complexity index is 962. The number of carbonyl (C=O) groups is 2. The summed E-state index contributed by atoms with van der Waals surface area (Å²) in [5.41, 5.74) is 1.96. The molecule has 1 aliphatic rings. The first-order chi connectivity index (χ1) is 16.9. The van der Waals surface area contributed by atoms with E-state index in [2.05, 4.69) is 0 Å². The SMILES string of the molecule is COc1ccccc1COCCCOc1ccc(C2CCN(C(=O)O)CC2O[C@H](C)C(=O)O)cc1. The number of hydrogen-bond donors (Lipinski definition) is 2. The van der Waals surface area contributed by atoms with Gasteiger partial charge in [-0.25, -0.2) is 9.59 Å². The Morgan fingerprint density at radius 2 is 1.83 bits per heavy atom. The van der Waals surface area contributed by atoms with Crippen LogP contribution < -0.4 is 9.47 Å². The summed E-state index contributed by atoms with van der Waals surface area (Å²) < 4.78 is 22.6. The van der Waals surface area contributed by atoms with Gasteiger partial charge in [-0.05, 0) is 37.1 Å². The van der Waals surface area contributed by atoms with Crippen LogP contribution in [0, 0.1) is 0 Å². The molecule has 190 valence electrons. The summed E-state index contributed by atoms with van der Waals surface area (Å²) in [6.45, 7) is 3.49. The predicted octanol–water partition coefficient (Wildman–Crippen LogP) is 4.01. The summed E-state index contributed by atoms with van der Waals surface area (Å²) in [6.07, 6.45) is -1.32. The highest BCUT2D eigenvalue weighted by molar-refractivity contribution is 5.71. The number of likely N-dealkylation sites (tertiary alicyclic amines) is 1. The number of benzene rings is 2. The van der Waals surface area contributed by atoms with Crippen molar-refractivity contribution in [2.75, 3.05) is 33.4 Å². The summed E-state index contributed by atoms with van der Waals surface area (Å²) in [5, 5.41) is 18.5. The van der Waals surface area contributed by atoms with Gasteiger partial charge in [0.1, 0.15) is 11.5 Å². The maximum absolute atomic E-state index is 11.4. The lowest BCUT2D eigenvalue weighted by atomic mass is 9.87. The molecule has 2 aromatic rings. The van der Waals surface area contributed by atoms with Gasteiger partial charge in [-0.3, -0.25) is 0 Å². The van der Waals surface area contributed by atoms with Crippen molar-refractivity contribution in [2.24, 2.45) is 0 Å². The lowest BCUT2D eigenvalue weighted by molar-refractivity contribution is -0.155. The van der Waals surface area contributed by atoms with Gasteiger partial charge in [-0.1, -0.05) is 30.3 Å². The van der Waals surface area contributed by atoms with E-state index in [1.54, 1.807) is 7.11 Å². The van der Waals surface area contributed by atoms with Crippen LogP contribution in [-0.4, -0.2) is 72.8 Å². The third-order valence-electron chi connectivity index (χ3n) is 6.02. The summed E-state index contributed by atoms with van der Waals surface area (Å²) in [7, 11) is 1.64. The maximum atomic E-state index is 11.4. The second-order valence-corrected chi connectivity index (χ2v) is 8.41. The van der Waals surface area contributed by atoms with Gasteiger partial charge in [0.05, 0.1) is 39.6 Å². The molecule has 0 aromatic heterocycles. The van der Waals surface area contributed by atoms with Gasteiger partial charge in [0.15, 0.2) is 6.10 Å². The number of carboxylic acids is 1. The Labute approximate surface area is 205 Å². The van der Waals surface area contributed by atoms with Crippen LogP contribution in [0.25, 0.3) is 0 Å². The quantitative estimate of drug-likeness (QED) is 0.432. The predicted molar refractivity (Wildman–Crippen MR) is 128 cm³/mol. The molecule has 0 aliphatic carbocycles. The molecule has 9 heteroatoms.